The second-order valence-corrected chi connectivity index (χ2v) is 6.27. The summed E-state index contributed by atoms with van der Waals surface area (Å²) in [5, 5.41) is 3.05. The Labute approximate surface area is 137 Å². The molecule has 23 heavy (non-hydrogen) atoms. The maximum Gasteiger partial charge on any atom is 0.321 e. The van der Waals surface area contributed by atoms with E-state index in [9.17, 15) is 4.79 Å². The molecular formula is C17H26N4O2. The highest BCUT2D eigenvalue weighted by Crippen LogP contribution is 2.26. The SMILES string of the molecule is CCN(CC1CCOC1)C(=O)Nc1cccnc1N1CCCC1. The first-order valence-corrected chi connectivity index (χ1v) is 8.61. The van der Waals surface area contributed by atoms with Gasteiger partial charge in [-0.2, -0.15) is 0 Å². The van der Waals surface area contributed by atoms with Crippen LogP contribution in [0.4, 0.5) is 16.3 Å². The van der Waals surface area contributed by atoms with Gasteiger partial charge < -0.3 is 19.9 Å². The number of rotatable bonds is 5. The first-order chi connectivity index (χ1) is 11.3. The van der Waals surface area contributed by atoms with E-state index in [1.165, 1.54) is 12.8 Å². The van der Waals surface area contributed by atoms with E-state index < -0.39 is 0 Å². The van der Waals surface area contributed by atoms with E-state index in [-0.39, 0.29) is 6.03 Å². The van der Waals surface area contributed by atoms with E-state index >= 15 is 0 Å². The van der Waals surface area contributed by atoms with Gasteiger partial charge in [0, 0.05) is 44.9 Å². The summed E-state index contributed by atoms with van der Waals surface area (Å²) < 4.78 is 5.41. The number of hydrogen-bond donors (Lipinski definition) is 1. The molecule has 0 aromatic carbocycles. The number of urea groups is 1. The van der Waals surface area contributed by atoms with Gasteiger partial charge in [0.15, 0.2) is 5.82 Å². The molecule has 1 aromatic heterocycles. The number of nitrogens with one attached hydrogen (secondary N) is 1. The van der Waals surface area contributed by atoms with Crippen molar-refractivity contribution in [1.82, 2.24) is 9.88 Å². The molecule has 2 saturated heterocycles. The van der Waals surface area contributed by atoms with Gasteiger partial charge in [-0.15, -0.1) is 0 Å². The average molecular weight is 318 g/mol. The Morgan fingerprint density at radius 2 is 2.30 bits per heavy atom. The molecule has 0 saturated carbocycles. The fraction of sp³-hybridized carbons (Fsp3) is 0.647. The molecule has 6 nitrogen and oxygen atoms in total. The lowest BCUT2D eigenvalue weighted by Crippen LogP contribution is -2.39. The van der Waals surface area contributed by atoms with Crippen LogP contribution in [0.25, 0.3) is 0 Å². The van der Waals surface area contributed by atoms with Crippen LogP contribution in [0, 0.1) is 5.92 Å². The molecule has 0 bridgehead atoms. The lowest BCUT2D eigenvalue weighted by Gasteiger charge is -2.26. The quantitative estimate of drug-likeness (QED) is 0.906. The van der Waals surface area contributed by atoms with E-state index in [4.69, 9.17) is 4.74 Å². The van der Waals surface area contributed by atoms with Crippen molar-refractivity contribution in [3.63, 3.8) is 0 Å². The number of carbonyl (C=O) groups is 1. The molecule has 2 fully saturated rings. The maximum absolute atomic E-state index is 12.6. The zero-order chi connectivity index (χ0) is 16.1. The highest BCUT2D eigenvalue weighted by atomic mass is 16.5. The monoisotopic (exact) mass is 318 g/mol. The van der Waals surface area contributed by atoms with Crippen molar-refractivity contribution in [1.29, 1.82) is 0 Å². The number of pyridine rings is 1. The number of ether oxygens (including phenoxy) is 1. The molecule has 126 valence electrons. The predicted octanol–water partition coefficient (Wildman–Crippen LogP) is 2.57. The van der Waals surface area contributed by atoms with Crippen LogP contribution in [0.3, 0.4) is 0 Å². The number of carbonyl (C=O) groups excluding carboxylic acids is 1. The van der Waals surface area contributed by atoms with Crippen molar-refractivity contribution < 1.29 is 9.53 Å². The van der Waals surface area contributed by atoms with Crippen LogP contribution >= 0.6 is 0 Å². The fourth-order valence-corrected chi connectivity index (χ4v) is 3.26. The minimum absolute atomic E-state index is 0.0483. The number of hydrogen-bond acceptors (Lipinski definition) is 4. The van der Waals surface area contributed by atoms with Gasteiger partial charge >= 0.3 is 6.03 Å². The van der Waals surface area contributed by atoms with E-state index in [0.717, 1.165) is 50.8 Å². The van der Waals surface area contributed by atoms with Crippen molar-refractivity contribution in [2.24, 2.45) is 5.92 Å². The van der Waals surface area contributed by atoms with E-state index in [2.05, 4.69) is 15.2 Å². The van der Waals surface area contributed by atoms with Crippen molar-refractivity contribution in [3.05, 3.63) is 18.3 Å². The standard InChI is InChI=1S/C17H26N4O2/c1-2-20(12-14-7-11-23-13-14)17(22)19-15-6-5-8-18-16(15)21-9-3-4-10-21/h5-6,8,14H,2-4,7,9-13H2,1H3,(H,19,22). The molecule has 1 unspecified atom stereocenters. The van der Waals surface area contributed by atoms with E-state index in [0.29, 0.717) is 12.5 Å². The molecule has 0 radical (unpaired) electrons. The number of aromatic nitrogens is 1. The highest BCUT2D eigenvalue weighted by molar-refractivity contribution is 5.92. The van der Waals surface area contributed by atoms with Gasteiger partial charge in [-0.1, -0.05) is 0 Å². The van der Waals surface area contributed by atoms with Crippen molar-refractivity contribution in [2.75, 3.05) is 49.6 Å². The molecule has 6 heteroatoms. The van der Waals surface area contributed by atoms with Gasteiger partial charge in [0.1, 0.15) is 0 Å². The van der Waals surface area contributed by atoms with Crippen LogP contribution in [0.15, 0.2) is 18.3 Å². The van der Waals surface area contributed by atoms with Gasteiger partial charge in [-0.25, -0.2) is 9.78 Å². The summed E-state index contributed by atoms with van der Waals surface area (Å²) in [6.45, 7) is 7.05. The van der Waals surface area contributed by atoms with Crippen LogP contribution < -0.4 is 10.2 Å². The van der Waals surface area contributed by atoms with Crippen molar-refractivity contribution in [3.8, 4) is 0 Å². The first kappa shape index (κ1) is 16.1. The number of nitrogens with zero attached hydrogens (tertiary/aromatic N) is 3. The van der Waals surface area contributed by atoms with E-state index in [1.54, 1.807) is 6.20 Å². The highest BCUT2D eigenvalue weighted by Gasteiger charge is 2.23. The summed E-state index contributed by atoms with van der Waals surface area (Å²) >= 11 is 0. The molecule has 2 aliphatic rings. The molecule has 0 aliphatic carbocycles. The van der Waals surface area contributed by atoms with Crippen molar-refractivity contribution in [2.45, 2.75) is 26.2 Å². The molecular weight excluding hydrogens is 292 g/mol. The lowest BCUT2D eigenvalue weighted by molar-refractivity contribution is 0.171. The summed E-state index contributed by atoms with van der Waals surface area (Å²) in [5.41, 5.74) is 0.806. The largest absolute Gasteiger partial charge is 0.381 e. The van der Waals surface area contributed by atoms with Gasteiger partial charge in [-0.3, -0.25) is 0 Å². The topological polar surface area (TPSA) is 57.7 Å². The molecule has 0 spiro atoms. The minimum atomic E-state index is -0.0483. The van der Waals surface area contributed by atoms with Gasteiger partial charge in [0.05, 0.1) is 12.3 Å². The Morgan fingerprint density at radius 1 is 1.48 bits per heavy atom. The zero-order valence-electron chi connectivity index (χ0n) is 13.8. The second kappa shape index (κ2) is 7.64. The van der Waals surface area contributed by atoms with Crippen LogP contribution in [0.1, 0.15) is 26.2 Å². The molecule has 2 amide bonds. The normalized spacial score (nSPS) is 20.7. The smallest absolute Gasteiger partial charge is 0.321 e. The number of anilines is 2. The van der Waals surface area contributed by atoms with E-state index in [1.807, 2.05) is 24.0 Å². The summed E-state index contributed by atoms with van der Waals surface area (Å²) in [5.74, 6) is 1.34. The van der Waals surface area contributed by atoms with Crippen molar-refractivity contribution >= 4 is 17.5 Å². The van der Waals surface area contributed by atoms with Crippen LogP contribution in [0.5, 0.6) is 0 Å². The predicted molar refractivity (Wildman–Crippen MR) is 90.9 cm³/mol. The average Bonchev–Trinajstić information content (AvgIpc) is 3.26. The van der Waals surface area contributed by atoms with Crippen LogP contribution in [0.2, 0.25) is 0 Å². The molecule has 1 aromatic rings. The van der Waals surface area contributed by atoms with Crippen LogP contribution in [-0.4, -0.2) is 55.3 Å². The second-order valence-electron chi connectivity index (χ2n) is 6.27. The summed E-state index contributed by atoms with van der Waals surface area (Å²) in [6.07, 6.45) is 5.20. The molecule has 1 atom stereocenters. The fourth-order valence-electron chi connectivity index (χ4n) is 3.26. The Kier molecular flexibility index (Phi) is 5.33. The molecule has 1 N–H and O–H groups in total. The third kappa shape index (κ3) is 3.93. The Balaban J connectivity index is 1.66. The first-order valence-electron chi connectivity index (χ1n) is 8.61. The molecule has 3 rings (SSSR count). The minimum Gasteiger partial charge on any atom is -0.381 e. The lowest BCUT2D eigenvalue weighted by atomic mass is 10.1. The maximum atomic E-state index is 12.6. The summed E-state index contributed by atoms with van der Waals surface area (Å²) in [4.78, 5) is 21.2. The zero-order valence-corrected chi connectivity index (χ0v) is 13.8. The summed E-state index contributed by atoms with van der Waals surface area (Å²) in [6, 6.07) is 3.76. The Bertz CT molecular complexity index is 525. The molecule has 3 heterocycles. The molecule has 2 aliphatic heterocycles. The summed E-state index contributed by atoms with van der Waals surface area (Å²) in [7, 11) is 0. The Hall–Kier alpha value is -1.82. The van der Waals surface area contributed by atoms with Crippen LogP contribution in [-0.2, 0) is 4.74 Å². The number of amides is 2. The van der Waals surface area contributed by atoms with Gasteiger partial charge in [0.25, 0.3) is 0 Å². The van der Waals surface area contributed by atoms with Gasteiger partial charge in [-0.05, 0) is 38.3 Å². The van der Waals surface area contributed by atoms with Gasteiger partial charge in [0.2, 0.25) is 0 Å². The third-order valence-corrected chi connectivity index (χ3v) is 4.61. The third-order valence-electron chi connectivity index (χ3n) is 4.61. The Morgan fingerprint density at radius 3 is 3.00 bits per heavy atom.